The van der Waals surface area contributed by atoms with E-state index in [1.807, 2.05) is 6.92 Å². The normalized spacial score (nSPS) is 10.3. The average molecular weight is 357 g/mol. The molecule has 0 radical (unpaired) electrons. The van der Waals surface area contributed by atoms with Crippen molar-refractivity contribution in [2.75, 3.05) is 14.2 Å². The third-order valence-electron chi connectivity index (χ3n) is 3.88. The minimum Gasteiger partial charge on any atom is -0.496 e. The average Bonchev–Trinajstić information content (AvgIpc) is 2.66. The number of pyridine rings is 1. The Labute approximate surface area is 153 Å². The molecule has 1 aromatic heterocycles. The Hall–Kier alpha value is -2.89. The first kappa shape index (κ1) is 19.4. The van der Waals surface area contributed by atoms with Crippen molar-refractivity contribution >= 4 is 11.8 Å². The summed E-state index contributed by atoms with van der Waals surface area (Å²) in [6.45, 7) is 3.74. The number of hydrogen-bond donors (Lipinski definition) is 0. The summed E-state index contributed by atoms with van der Waals surface area (Å²) in [6.07, 6.45) is 1.60. The third kappa shape index (κ3) is 4.39. The summed E-state index contributed by atoms with van der Waals surface area (Å²) in [6, 6.07) is 8.56. The van der Waals surface area contributed by atoms with Crippen molar-refractivity contribution in [3.05, 3.63) is 52.8 Å². The Morgan fingerprint density at radius 1 is 1.12 bits per heavy atom. The van der Waals surface area contributed by atoms with Crippen LogP contribution in [0.1, 0.15) is 52.4 Å². The summed E-state index contributed by atoms with van der Waals surface area (Å²) in [7, 11) is 2.86. The number of hydrogen-bond acceptors (Lipinski definition) is 6. The summed E-state index contributed by atoms with van der Waals surface area (Å²) in [4.78, 5) is 27.7. The van der Waals surface area contributed by atoms with Crippen molar-refractivity contribution in [1.82, 2.24) is 4.98 Å². The second kappa shape index (κ2) is 8.99. The van der Waals surface area contributed by atoms with Gasteiger partial charge in [-0.25, -0.2) is 9.78 Å². The van der Waals surface area contributed by atoms with Gasteiger partial charge in [-0.05, 0) is 37.6 Å². The van der Waals surface area contributed by atoms with Crippen molar-refractivity contribution in [3.8, 4) is 11.5 Å². The zero-order valence-electron chi connectivity index (χ0n) is 15.5. The molecule has 0 bridgehead atoms. The molecule has 0 unspecified atom stereocenters. The molecule has 0 atom stereocenters. The van der Waals surface area contributed by atoms with E-state index in [9.17, 15) is 9.59 Å². The molecule has 138 valence electrons. The molecule has 0 aliphatic rings. The number of ketones is 1. The van der Waals surface area contributed by atoms with Crippen molar-refractivity contribution in [1.29, 1.82) is 0 Å². The second-order valence-corrected chi connectivity index (χ2v) is 5.72. The molecule has 2 rings (SSSR count). The van der Waals surface area contributed by atoms with E-state index in [-0.39, 0.29) is 18.1 Å². The molecular formula is C20H23NO5. The van der Waals surface area contributed by atoms with Gasteiger partial charge in [-0.2, -0.15) is 0 Å². The molecule has 0 saturated heterocycles. The summed E-state index contributed by atoms with van der Waals surface area (Å²) in [5, 5.41) is 0. The molecular weight excluding hydrogens is 334 g/mol. The van der Waals surface area contributed by atoms with Crippen LogP contribution in [0.5, 0.6) is 11.5 Å². The molecule has 1 heterocycles. The van der Waals surface area contributed by atoms with Gasteiger partial charge in [0, 0.05) is 5.56 Å². The maximum Gasteiger partial charge on any atom is 0.356 e. The lowest BCUT2D eigenvalue weighted by Gasteiger charge is -2.17. The van der Waals surface area contributed by atoms with Gasteiger partial charge in [0.05, 0.1) is 25.5 Å². The number of aromatic nitrogens is 1. The second-order valence-electron chi connectivity index (χ2n) is 5.72. The summed E-state index contributed by atoms with van der Waals surface area (Å²) < 4.78 is 16.1. The molecule has 6 nitrogen and oxygen atoms in total. The molecule has 0 amide bonds. The summed E-state index contributed by atoms with van der Waals surface area (Å²) in [5.74, 6) is 0.635. The van der Waals surface area contributed by atoms with E-state index in [1.54, 1.807) is 37.4 Å². The molecule has 1 aromatic carbocycles. The van der Waals surface area contributed by atoms with E-state index < -0.39 is 5.97 Å². The molecule has 0 aliphatic heterocycles. The lowest BCUT2D eigenvalue weighted by molar-refractivity contribution is 0.0593. The minimum atomic E-state index is -0.494. The summed E-state index contributed by atoms with van der Waals surface area (Å²) in [5.41, 5.74) is 2.22. The van der Waals surface area contributed by atoms with Crippen LogP contribution in [0, 0.1) is 0 Å². The van der Waals surface area contributed by atoms with Crippen molar-refractivity contribution < 1.29 is 23.8 Å². The van der Waals surface area contributed by atoms with Crippen molar-refractivity contribution in [2.45, 2.75) is 33.3 Å². The van der Waals surface area contributed by atoms with Gasteiger partial charge in [0.25, 0.3) is 0 Å². The van der Waals surface area contributed by atoms with Crippen LogP contribution in [-0.4, -0.2) is 31.0 Å². The minimum absolute atomic E-state index is 0.0572. The summed E-state index contributed by atoms with van der Waals surface area (Å²) >= 11 is 0. The van der Waals surface area contributed by atoms with Crippen LogP contribution in [0.4, 0.5) is 0 Å². The van der Waals surface area contributed by atoms with Gasteiger partial charge in [0.15, 0.2) is 5.78 Å². The highest BCUT2D eigenvalue weighted by atomic mass is 16.5. The molecule has 0 spiro atoms. The number of Topliss-reactive ketones (excluding diaryl/α,β-unsaturated/α-hetero) is 1. The van der Waals surface area contributed by atoms with Crippen LogP contribution in [0.15, 0.2) is 30.3 Å². The fraction of sp³-hybridized carbons (Fsp3) is 0.350. The van der Waals surface area contributed by atoms with Gasteiger partial charge in [-0.1, -0.05) is 19.4 Å². The first-order chi connectivity index (χ1) is 12.5. The van der Waals surface area contributed by atoms with Crippen LogP contribution in [0.3, 0.4) is 0 Å². The first-order valence-electron chi connectivity index (χ1n) is 8.39. The quantitative estimate of drug-likeness (QED) is 0.531. The number of ether oxygens (including phenoxy) is 3. The van der Waals surface area contributed by atoms with Gasteiger partial charge in [0.1, 0.15) is 23.8 Å². The van der Waals surface area contributed by atoms with E-state index in [2.05, 4.69) is 9.72 Å². The highest BCUT2D eigenvalue weighted by Gasteiger charge is 2.17. The van der Waals surface area contributed by atoms with Crippen LogP contribution < -0.4 is 9.47 Å². The zero-order valence-corrected chi connectivity index (χ0v) is 15.5. The number of methoxy groups -OCH3 is 2. The van der Waals surface area contributed by atoms with Crippen LogP contribution in [0.2, 0.25) is 0 Å². The number of esters is 1. The topological polar surface area (TPSA) is 74.7 Å². The number of carbonyl (C=O) groups is 2. The van der Waals surface area contributed by atoms with Crippen LogP contribution in [0.25, 0.3) is 0 Å². The lowest BCUT2D eigenvalue weighted by atomic mass is 10.0. The largest absolute Gasteiger partial charge is 0.496 e. The monoisotopic (exact) mass is 357 g/mol. The highest BCUT2D eigenvalue weighted by Crippen LogP contribution is 2.34. The number of nitrogens with zero attached hydrogens (tertiary/aromatic N) is 1. The van der Waals surface area contributed by atoms with Gasteiger partial charge in [-0.15, -0.1) is 0 Å². The Morgan fingerprint density at radius 3 is 2.50 bits per heavy atom. The molecule has 0 N–H and O–H groups in total. The fourth-order valence-corrected chi connectivity index (χ4v) is 2.67. The Balaban J connectivity index is 2.29. The van der Waals surface area contributed by atoms with Crippen LogP contribution >= 0.6 is 0 Å². The lowest BCUT2D eigenvalue weighted by Crippen LogP contribution is -2.08. The zero-order chi connectivity index (χ0) is 19.1. The standard InChI is InChI=1S/C20H23NO5/c1-5-7-16-18(11-10-15(13(2)22)19(16)24-3)26-12-14-8-6-9-17(21-14)20(23)25-4/h6,8-11H,5,7,12H2,1-4H3. The molecule has 0 aliphatic carbocycles. The van der Waals surface area contributed by atoms with E-state index in [4.69, 9.17) is 9.47 Å². The van der Waals surface area contributed by atoms with Gasteiger partial charge in [-0.3, -0.25) is 4.79 Å². The van der Waals surface area contributed by atoms with Gasteiger partial charge >= 0.3 is 5.97 Å². The molecule has 2 aromatic rings. The predicted octanol–water partition coefficient (Wildman–Crippen LogP) is 3.61. The maximum absolute atomic E-state index is 11.8. The van der Waals surface area contributed by atoms with E-state index in [1.165, 1.54) is 14.0 Å². The van der Waals surface area contributed by atoms with Crippen molar-refractivity contribution in [2.24, 2.45) is 0 Å². The van der Waals surface area contributed by atoms with E-state index in [0.717, 1.165) is 18.4 Å². The smallest absolute Gasteiger partial charge is 0.356 e. The third-order valence-corrected chi connectivity index (χ3v) is 3.88. The Kier molecular flexibility index (Phi) is 6.72. The maximum atomic E-state index is 11.8. The first-order valence-corrected chi connectivity index (χ1v) is 8.39. The Morgan fingerprint density at radius 2 is 1.88 bits per heavy atom. The van der Waals surface area contributed by atoms with Gasteiger partial charge < -0.3 is 14.2 Å². The molecule has 6 heteroatoms. The van der Waals surface area contributed by atoms with E-state index >= 15 is 0 Å². The molecule has 26 heavy (non-hydrogen) atoms. The van der Waals surface area contributed by atoms with E-state index in [0.29, 0.717) is 22.8 Å². The molecule has 0 fully saturated rings. The Bertz CT molecular complexity index is 801. The number of carbonyl (C=O) groups excluding carboxylic acids is 2. The van der Waals surface area contributed by atoms with Crippen LogP contribution in [-0.2, 0) is 17.8 Å². The van der Waals surface area contributed by atoms with Crippen molar-refractivity contribution in [3.63, 3.8) is 0 Å². The SMILES string of the molecule is CCCc1c(OCc2cccc(C(=O)OC)n2)ccc(C(C)=O)c1OC. The number of rotatable bonds is 8. The fourth-order valence-electron chi connectivity index (χ4n) is 2.67. The number of benzene rings is 1. The predicted molar refractivity (Wildman–Crippen MR) is 96.9 cm³/mol. The van der Waals surface area contributed by atoms with Gasteiger partial charge in [0.2, 0.25) is 0 Å². The highest BCUT2D eigenvalue weighted by molar-refractivity contribution is 5.97. The molecule has 0 saturated carbocycles.